The van der Waals surface area contributed by atoms with Crippen LogP contribution in [0.5, 0.6) is 0 Å². The Morgan fingerprint density at radius 3 is 2.83 bits per heavy atom. The van der Waals surface area contributed by atoms with Crippen LogP contribution in [0.2, 0.25) is 0 Å². The van der Waals surface area contributed by atoms with Gasteiger partial charge in [0.05, 0.1) is 0 Å². The SMILES string of the molecule is CN(Cc1ccsc1)C(=O)NCCC(O)C(=O)O. The van der Waals surface area contributed by atoms with Gasteiger partial charge in [0.1, 0.15) is 0 Å². The van der Waals surface area contributed by atoms with Gasteiger partial charge in [0, 0.05) is 26.6 Å². The van der Waals surface area contributed by atoms with Crippen molar-refractivity contribution in [3.8, 4) is 0 Å². The highest BCUT2D eigenvalue weighted by Crippen LogP contribution is 2.08. The first-order valence-corrected chi connectivity index (χ1v) is 6.36. The molecule has 18 heavy (non-hydrogen) atoms. The zero-order valence-electron chi connectivity index (χ0n) is 10.00. The van der Waals surface area contributed by atoms with Crippen molar-refractivity contribution in [1.29, 1.82) is 0 Å². The summed E-state index contributed by atoms with van der Waals surface area (Å²) >= 11 is 1.56. The fourth-order valence-electron chi connectivity index (χ4n) is 1.30. The number of aliphatic carboxylic acids is 1. The Balaban J connectivity index is 2.26. The van der Waals surface area contributed by atoms with Crippen LogP contribution in [0.1, 0.15) is 12.0 Å². The molecule has 7 heteroatoms. The third-order valence-corrected chi connectivity index (χ3v) is 3.06. The van der Waals surface area contributed by atoms with Gasteiger partial charge in [-0.25, -0.2) is 9.59 Å². The van der Waals surface area contributed by atoms with Gasteiger partial charge in [0.2, 0.25) is 0 Å². The van der Waals surface area contributed by atoms with Crippen LogP contribution in [0.4, 0.5) is 4.79 Å². The number of hydrogen-bond acceptors (Lipinski definition) is 4. The molecule has 0 fully saturated rings. The normalized spacial score (nSPS) is 11.9. The fourth-order valence-corrected chi connectivity index (χ4v) is 1.96. The molecule has 0 saturated heterocycles. The summed E-state index contributed by atoms with van der Waals surface area (Å²) in [5.74, 6) is -1.28. The first-order valence-electron chi connectivity index (χ1n) is 5.41. The summed E-state index contributed by atoms with van der Waals surface area (Å²) in [7, 11) is 1.65. The molecule has 0 aliphatic carbocycles. The maximum absolute atomic E-state index is 11.6. The van der Waals surface area contributed by atoms with E-state index in [1.54, 1.807) is 18.4 Å². The first kappa shape index (κ1) is 14.5. The monoisotopic (exact) mass is 272 g/mol. The molecule has 1 aromatic rings. The number of carboxylic acids is 1. The predicted octanol–water partition coefficient (Wildman–Crippen LogP) is 0.725. The van der Waals surface area contributed by atoms with Crippen LogP contribution in [-0.4, -0.2) is 46.8 Å². The highest BCUT2D eigenvalue weighted by atomic mass is 32.1. The fraction of sp³-hybridized carbons (Fsp3) is 0.455. The molecule has 100 valence electrons. The molecular formula is C11H16N2O4S. The van der Waals surface area contributed by atoms with Crippen molar-refractivity contribution in [3.05, 3.63) is 22.4 Å². The first-order chi connectivity index (χ1) is 8.50. The molecule has 1 unspecified atom stereocenters. The second kappa shape index (κ2) is 6.97. The van der Waals surface area contributed by atoms with Gasteiger partial charge in [-0.3, -0.25) is 0 Å². The van der Waals surface area contributed by atoms with E-state index in [-0.39, 0.29) is 19.0 Å². The quantitative estimate of drug-likeness (QED) is 0.712. The van der Waals surface area contributed by atoms with Gasteiger partial charge in [-0.15, -0.1) is 0 Å². The van der Waals surface area contributed by atoms with Crippen molar-refractivity contribution in [2.45, 2.75) is 19.1 Å². The lowest BCUT2D eigenvalue weighted by Crippen LogP contribution is -2.38. The third-order valence-electron chi connectivity index (χ3n) is 2.33. The molecule has 0 bridgehead atoms. The molecule has 1 aromatic heterocycles. The molecule has 0 aliphatic heterocycles. The second-order valence-corrected chi connectivity index (χ2v) is 4.64. The Hall–Kier alpha value is -1.60. The molecule has 0 aliphatic rings. The van der Waals surface area contributed by atoms with E-state index >= 15 is 0 Å². The number of nitrogens with one attached hydrogen (secondary N) is 1. The van der Waals surface area contributed by atoms with Crippen LogP contribution < -0.4 is 5.32 Å². The van der Waals surface area contributed by atoms with Crippen molar-refractivity contribution in [3.63, 3.8) is 0 Å². The summed E-state index contributed by atoms with van der Waals surface area (Å²) in [6, 6.07) is 1.64. The van der Waals surface area contributed by atoms with E-state index in [4.69, 9.17) is 10.2 Å². The van der Waals surface area contributed by atoms with Crippen molar-refractivity contribution in [2.75, 3.05) is 13.6 Å². The number of amides is 2. The van der Waals surface area contributed by atoms with Crippen molar-refractivity contribution < 1.29 is 19.8 Å². The Labute approximate surface area is 109 Å². The summed E-state index contributed by atoms with van der Waals surface area (Å²) in [6.45, 7) is 0.622. The van der Waals surface area contributed by atoms with Crippen LogP contribution in [0.25, 0.3) is 0 Å². The molecule has 2 amide bonds. The standard InChI is InChI=1S/C11H16N2O4S/c1-13(6-8-3-5-18-7-8)11(17)12-4-2-9(14)10(15)16/h3,5,7,9,14H,2,4,6H2,1H3,(H,12,17)(H,15,16). The minimum Gasteiger partial charge on any atom is -0.479 e. The van der Waals surface area contributed by atoms with Gasteiger partial charge >= 0.3 is 12.0 Å². The maximum Gasteiger partial charge on any atom is 0.332 e. The minimum absolute atomic E-state index is 0.00658. The number of hydrogen-bond donors (Lipinski definition) is 3. The Morgan fingerprint density at radius 2 is 2.28 bits per heavy atom. The zero-order valence-corrected chi connectivity index (χ0v) is 10.8. The number of aliphatic hydroxyl groups excluding tert-OH is 1. The van der Waals surface area contributed by atoms with E-state index in [1.807, 2.05) is 16.8 Å². The van der Waals surface area contributed by atoms with Gasteiger partial charge in [0.25, 0.3) is 0 Å². The molecule has 0 saturated carbocycles. The van der Waals surface area contributed by atoms with E-state index in [1.165, 1.54) is 4.90 Å². The number of aliphatic hydroxyl groups is 1. The summed E-state index contributed by atoms with van der Waals surface area (Å²) in [4.78, 5) is 23.5. The van der Waals surface area contributed by atoms with Gasteiger partial charge in [-0.05, 0) is 22.4 Å². The maximum atomic E-state index is 11.6. The number of urea groups is 1. The van der Waals surface area contributed by atoms with E-state index in [0.29, 0.717) is 6.54 Å². The van der Waals surface area contributed by atoms with E-state index in [2.05, 4.69) is 5.32 Å². The summed E-state index contributed by atoms with van der Waals surface area (Å²) in [5.41, 5.74) is 1.04. The van der Waals surface area contributed by atoms with Crippen LogP contribution in [0.15, 0.2) is 16.8 Å². The molecule has 0 spiro atoms. The molecule has 6 nitrogen and oxygen atoms in total. The third kappa shape index (κ3) is 4.72. The molecular weight excluding hydrogens is 256 g/mol. The van der Waals surface area contributed by atoms with E-state index < -0.39 is 12.1 Å². The lowest BCUT2D eigenvalue weighted by molar-refractivity contribution is -0.146. The molecule has 1 atom stereocenters. The molecule has 3 N–H and O–H groups in total. The van der Waals surface area contributed by atoms with Crippen LogP contribution in [-0.2, 0) is 11.3 Å². The van der Waals surface area contributed by atoms with Crippen LogP contribution in [0, 0.1) is 0 Å². The van der Waals surface area contributed by atoms with Crippen LogP contribution >= 0.6 is 11.3 Å². The number of nitrogens with zero attached hydrogens (tertiary/aromatic N) is 1. The molecule has 1 rings (SSSR count). The van der Waals surface area contributed by atoms with Gasteiger partial charge < -0.3 is 20.4 Å². The number of carbonyl (C=O) groups excluding carboxylic acids is 1. The zero-order chi connectivity index (χ0) is 13.5. The average Bonchev–Trinajstić information content (AvgIpc) is 2.81. The number of rotatable bonds is 6. The lowest BCUT2D eigenvalue weighted by atomic mass is 10.2. The van der Waals surface area contributed by atoms with Crippen molar-refractivity contribution >= 4 is 23.3 Å². The lowest BCUT2D eigenvalue weighted by Gasteiger charge is -2.17. The van der Waals surface area contributed by atoms with Crippen molar-refractivity contribution in [1.82, 2.24) is 10.2 Å². The van der Waals surface area contributed by atoms with Gasteiger partial charge in [0.15, 0.2) is 6.10 Å². The van der Waals surface area contributed by atoms with Gasteiger partial charge in [-0.2, -0.15) is 11.3 Å². The highest BCUT2D eigenvalue weighted by molar-refractivity contribution is 7.07. The second-order valence-electron chi connectivity index (χ2n) is 3.86. The predicted molar refractivity (Wildman–Crippen MR) is 67.4 cm³/mol. The van der Waals surface area contributed by atoms with Crippen molar-refractivity contribution in [2.24, 2.45) is 0 Å². The largest absolute Gasteiger partial charge is 0.479 e. The van der Waals surface area contributed by atoms with Gasteiger partial charge in [-0.1, -0.05) is 0 Å². The van der Waals surface area contributed by atoms with Crippen LogP contribution in [0.3, 0.4) is 0 Å². The smallest absolute Gasteiger partial charge is 0.332 e. The summed E-state index contributed by atoms with van der Waals surface area (Å²) in [6.07, 6.45) is -1.44. The summed E-state index contributed by atoms with van der Waals surface area (Å²) < 4.78 is 0. The van der Waals surface area contributed by atoms with E-state index in [9.17, 15) is 9.59 Å². The summed E-state index contributed by atoms with van der Waals surface area (Å²) in [5, 5.41) is 23.9. The average molecular weight is 272 g/mol. The number of thiophene rings is 1. The Morgan fingerprint density at radius 1 is 1.56 bits per heavy atom. The Kier molecular flexibility index (Phi) is 5.60. The molecule has 0 aromatic carbocycles. The molecule has 0 radical (unpaired) electrons. The Bertz CT molecular complexity index is 394. The highest BCUT2D eigenvalue weighted by Gasteiger charge is 2.14. The minimum atomic E-state index is -1.44. The topological polar surface area (TPSA) is 89.9 Å². The molecule has 1 heterocycles. The van der Waals surface area contributed by atoms with E-state index in [0.717, 1.165) is 5.56 Å². The number of carboxylic acid groups (broad SMARTS) is 1. The number of carbonyl (C=O) groups is 2.